The summed E-state index contributed by atoms with van der Waals surface area (Å²) in [5.41, 5.74) is 0.649. The average Bonchev–Trinajstić information content (AvgIpc) is 2.51. The highest BCUT2D eigenvalue weighted by Gasteiger charge is 2.23. The molecule has 1 N–H and O–H groups in total. The van der Waals surface area contributed by atoms with Crippen LogP contribution in [0.2, 0.25) is 0 Å². The number of aryl methyl sites for hydroxylation is 1. The molecule has 4 heteroatoms. The van der Waals surface area contributed by atoms with E-state index in [0.29, 0.717) is 6.54 Å². The van der Waals surface area contributed by atoms with Gasteiger partial charge in [-0.2, -0.15) is 0 Å². The monoisotopic (exact) mass is 198 g/mol. The van der Waals surface area contributed by atoms with Gasteiger partial charge in [-0.3, -0.25) is 4.90 Å². The van der Waals surface area contributed by atoms with E-state index in [4.69, 9.17) is 9.63 Å². The van der Waals surface area contributed by atoms with Crippen LogP contribution in [0.1, 0.15) is 25.3 Å². The molecule has 0 spiro atoms. The van der Waals surface area contributed by atoms with Gasteiger partial charge in [0.2, 0.25) is 0 Å². The largest absolute Gasteiger partial charge is 0.394 e. The number of likely N-dealkylation sites (N-methyl/N-ethyl adjacent to an activating group) is 1. The molecular weight excluding hydrogens is 180 g/mol. The van der Waals surface area contributed by atoms with Crippen molar-refractivity contribution >= 4 is 0 Å². The Kier molecular flexibility index (Phi) is 3.29. The zero-order valence-corrected chi connectivity index (χ0v) is 9.24. The molecule has 0 aliphatic rings. The zero-order valence-electron chi connectivity index (χ0n) is 9.24. The van der Waals surface area contributed by atoms with Crippen molar-refractivity contribution in [3.63, 3.8) is 0 Å². The summed E-state index contributed by atoms with van der Waals surface area (Å²) in [5, 5.41) is 13.0. The first-order valence-corrected chi connectivity index (χ1v) is 4.70. The SMILES string of the molecule is Cc1cc(CN(C)C(C)(C)CO)on1. The van der Waals surface area contributed by atoms with Gasteiger partial charge in [-0.05, 0) is 27.8 Å². The molecule has 1 aromatic heterocycles. The van der Waals surface area contributed by atoms with Gasteiger partial charge in [-0.25, -0.2) is 0 Å². The van der Waals surface area contributed by atoms with Crippen LogP contribution in [0.5, 0.6) is 0 Å². The molecule has 0 aliphatic carbocycles. The van der Waals surface area contributed by atoms with E-state index in [-0.39, 0.29) is 12.1 Å². The second kappa shape index (κ2) is 4.11. The van der Waals surface area contributed by atoms with Crippen LogP contribution in [0.4, 0.5) is 0 Å². The lowest BCUT2D eigenvalue weighted by molar-refractivity contribution is 0.0665. The predicted molar refractivity (Wildman–Crippen MR) is 53.9 cm³/mol. The summed E-state index contributed by atoms with van der Waals surface area (Å²) in [7, 11) is 1.95. The molecule has 80 valence electrons. The standard InChI is InChI=1S/C10H18N2O2/c1-8-5-9(14-11-8)6-12(4)10(2,3)7-13/h5,13H,6-7H2,1-4H3. The van der Waals surface area contributed by atoms with Crippen LogP contribution in [0.25, 0.3) is 0 Å². The summed E-state index contributed by atoms with van der Waals surface area (Å²) in [5.74, 6) is 0.825. The van der Waals surface area contributed by atoms with Gasteiger partial charge in [0.1, 0.15) is 0 Å². The van der Waals surface area contributed by atoms with Crippen LogP contribution in [-0.2, 0) is 6.54 Å². The van der Waals surface area contributed by atoms with Crippen molar-refractivity contribution in [3.8, 4) is 0 Å². The van der Waals surface area contributed by atoms with Crippen LogP contribution in [0.15, 0.2) is 10.6 Å². The van der Waals surface area contributed by atoms with Gasteiger partial charge in [0.05, 0.1) is 18.8 Å². The second-order valence-electron chi connectivity index (χ2n) is 4.26. The second-order valence-corrected chi connectivity index (χ2v) is 4.26. The van der Waals surface area contributed by atoms with Crippen molar-refractivity contribution in [1.29, 1.82) is 0 Å². The van der Waals surface area contributed by atoms with Gasteiger partial charge < -0.3 is 9.63 Å². The minimum atomic E-state index is -0.235. The number of hydrogen-bond donors (Lipinski definition) is 1. The summed E-state index contributed by atoms with van der Waals surface area (Å²) >= 11 is 0. The third-order valence-electron chi connectivity index (χ3n) is 2.49. The molecule has 0 unspecified atom stereocenters. The summed E-state index contributed by atoms with van der Waals surface area (Å²) in [6, 6.07) is 1.91. The van der Waals surface area contributed by atoms with Crippen molar-refractivity contribution in [1.82, 2.24) is 10.1 Å². The molecule has 0 fully saturated rings. The molecule has 0 amide bonds. The summed E-state index contributed by atoms with van der Waals surface area (Å²) < 4.78 is 5.10. The van der Waals surface area contributed by atoms with Gasteiger partial charge in [0.15, 0.2) is 5.76 Å². The Morgan fingerprint density at radius 3 is 2.64 bits per heavy atom. The van der Waals surface area contributed by atoms with E-state index in [1.165, 1.54) is 0 Å². The summed E-state index contributed by atoms with van der Waals surface area (Å²) in [6.07, 6.45) is 0. The minimum Gasteiger partial charge on any atom is -0.394 e. The minimum absolute atomic E-state index is 0.122. The molecule has 0 bridgehead atoms. The highest BCUT2D eigenvalue weighted by molar-refractivity contribution is 5.03. The third kappa shape index (κ3) is 2.56. The van der Waals surface area contributed by atoms with Crippen molar-refractivity contribution in [2.24, 2.45) is 0 Å². The van der Waals surface area contributed by atoms with Gasteiger partial charge in [0, 0.05) is 11.6 Å². The van der Waals surface area contributed by atoms with Gasteiger partial charge in [0.25, 0.3) is 0 Å². The van der Waals surface area contributed by atoms with Crippen molar-refractivity contribution in [3.05, 3.63) is 17.5 Å². The van der Waals surface area contributed by atoms with Crippen molar-refractivity contribution in [2.45, 2.75) is 32.9 Å². The molecule has 0 aromatic carbocycles. The molecule has 0 atom stereocenters. The van der Waals surface area contributed by atoms with Crippen LogP contribution >= 0.6 is 0 Å². The maximum absolute atomic E-state index is 9.16. The molecule has 1 rings (SSSR count). The van der Waals surface area contributed by atoms with Crippen molar-refractivity contribution in [2.75, 3.05) is 13.7 Å². The molecule has 1 heterocycles. The van der Waals surface area contributed by atoms with E-state index in [2.05, 4.69) is 5.16 Å². The Morgan fingerprint density at radius 1 is 1.57 bits per heavy atom. The van der Waals surface area contributed by atoms with E-state index in [9.17, 15) is 0 Å². The highest BCUT2D eigenvalue weighted by atomic mass is 16.5. The van der Waals surface area contributed by atoms with Gasteiger partial charge in [-0.1, -0.05) is 5.16 Å². The molecular formula is C10H18N2O2. The molecule has 0 saturated heterocycles. The zero-order chi connectivity index (χ0) is 10.8. The smallest absolute Gasteiger partial charge is 0.150 e. The third-order valence-corrected chi connectivity index (χ3v) is 2.49. The Balaban J connectivity index is 2.61. The predicted octanol–water partition coefficient (Wildman–Crippen LogP) is 1.19. The molecule has 4 nitrogen and oxygen atoms in total. The lowest BCUT2D eigenvalue weighted by Crippen LogP contribution is -2.43. The Labute approximate surface area is 84.5 Å². The number of rotatable bonds is 4. The molecule has 14 heavy (non-hydrogen) atoms. The van der Waals surface area contributed by atoms with Crippen LogP contribution in [0, 0.1) is 6.92 Å². The Hall–Kier alpha value is -0.870. The Bertz CT molecular complexity index is 294. The van der Waals surface area contributed by atoms with Crippen LogP contribution in [0.3, 0.4) is 0 Å². The lowest BCUT2D eigenvalue weighted by atomic mass is 10.1. The van der Waals surface area contributed by atoms with E-state index < -0.39 is 0 Å². The number of aliphatic hydroxyl groups is 1. The lowest BCUT2D eigenvalue weighted by Gasteiger charge is -2.32. The number of aliphatic hydroxyl groups excluding tert-OH is 1. The fourth-order valence-corrected chi connectivity index (χ4v) is 1.06. The number of nitrogens with zero attached hydrogens (tertiary/aromatic N) is 2. The number of aromatic nitrogens is 1. The van der Waals surface area contributed by atoms with Crippen LogP contribution < -0.4 is 0 Å². The molecule has 1 aromatic rings. The van der Waals surface area contributed by atoms with Gasteiger partial charge in [-0.15, -0.1) is 0 Å². The molecule has 0 saturated carbocycles. The normalized spacial score (nSPS) is 12.4. The fourth-order valence-electron chi connectivity index (χ4n) is 1.06. The number of hydrogen-bond acceptors (Lipinski definition) is 4. The first-order chi connectivity index (χ1) is 6.45. The van der Waals surface area contributed by atoms with Gasteiger partial charge >= 0.3 is 0 Å². The average molecular weight is 198 g/mol. The first-order valence-electron chi connectivity index (χ1n) is 4.70. The first kappa shape index (κ1) is 11.2. The van der Waals surface area contributed by atoms with E-state index in [0.717, 1.165) is 11.5 Å². The maximum Gasteiger partial charge on any atom is 0.150 e. The topological polar surface area (TPSA) is 49.5 Å². The molecule has 0 radical (unpaired) electrons. The van der Waals surface area contributed by atoms with Crippen LogP contribution in [-0.4, -0.2) is 34.4 Å². The quantitative estimate of drug-likeness (QED) is 0.789. The molecule has 0 aliphatic heterocycles. The summed E-state index contributed by atoms with van der Waals surface area (Å²) in [6.45, 7) is 6.64. The van der Waals surface area contributed by atoms with Crippen molar-refractivity contribution < 1.29 is 9.63 Å². The van der Waals surface area contributed by atoms with E-state index in [1.807, 2.05) is 38.8 Å². The van der Waals surface area contributed by atoms with E-state index >= 15 is 0 Å². The highest BCUT2D eigenvalue weighted by Crippen LogP contribution is 2.15. The Morgan fingerprint density at radius 2 is 2.21 bits per heavy atom. The maximum atomic E-state index is 9.16. The van der Waals surface area contributed by atoms with E-state index in [1.54, 1.807) is 0 Å². The summed E-state index contributed by atoms with van der Waals surface area (Å²) in [4.78, 5) is 2.03. The fraction of sp³-hybridized carbons (Fsp3) is 0.700.